The Morgan fingerprint density at radius 2 is 1.75 bits per heavy atom. The summed E-state index contributed by atoms with van der Waals surface area (Å²) >= 11 is 0. The molecule has 0 saturated carbocycles. The van der Waals surface area contributed by atoms with Crippen LogP contribution >= 0.6 is 0 Å². The standard InChI is InChI=1S/C23H23N3O2/c27-22(13-16-25-14-6-5-11-23(25)28)24-20-9-3-1-8-19(20)17-26-15-12-18-7-2-4-10-21(18)26/h1-11,14H,12-13,15-17H2,(H,24,27). The van der Waals surface area contributed by atoms with Crippen LogP contribution in [0.4, 0.5) is 11.4 Å². The van der Waals surface area contributed by atoms with Crippen LogP contribution in [0, 0.1) is 0 Å². The van der Waals surface area contributed by atoms with Gasteiger partial charge in [-0.1, -0.05) is 42.5 Å². The SMILES string of the molecule is O=C(CCn1ccccc1=O)Nc1ccccc1CN1CCc2ccccc21. The van der Waals surface area contributed by atoms with Crippen molar-refractivity contribution in [1.82, 2.24) is 4.57 Å². The van der Waals surface area contributed by atoms with Gasteiger partial charge in [0.2, 0.25) is 5.91 Å². The van der Waals surface area contributed by atoms with Gasteiger partial charge in [0.05, 0.1) is 0 Å². The van der Waals surface area contributed by atoms with Crippen molar-refractivity contribution in [2.75, 3.05) is 16.8 Å². The zero-order chi connectivity index (χ0) is 19.3. The molecule has 28 heavy (non-hydrogen) atoms. The first-order chi connectivity index (χ1) is 13.7. The zero-order valence-electron chi connectivity index (χ0n) is 15.7. The van der Waals surface area contributed by atoms with Gasteiger partial charge in [-0.05, 0) is 35.7 Å². The molecule has 0 atom stereocenters. The van der Waals surface area contributed by atoms with E-state index >= 15 is 0 Å². The summed E-state index contributed by atoms with van der Waals surface area (Å²) in [6.45, 7) is 2.11. The fourth-order valence-corrected chi connectivity index (χ4v) is 3.64. The third-order valence-electron chi connectivity index (χ3n) is 5.11. The number of fused-ring (bicyclic) bond motifs is 1. The summed E-state index contributed by atoms with van der Waals surface area (Å²) < 4.78 is 1.55. The van der Waals surface area contributed by atoms with Gasteiger partial charge in [0.15, 0.2) is 0 Å². The average molecular weight is 373 g/mol. The second-order valence-electron chi connectivity index (χ2n) is 6.99. The molecule has 1 aromatic heterocycles. The maximum atomic E-state index is 12.4. The van der Waals surface area contributed by atoms with Gasteiger partial charge in [-0.15, -0.1) is 0 Å². The van der Waals surface area contributed by atoms with Crippen LogP contribution in [-0.2, 0) is 24.3 Å². The van der Waals surface area contributed by atoms with Gasteiger partial charge < -0.3 is 14.8 Å². The van der Waals surface area contributed by atoms with E-state index < -0.39 is 0 Å². The van der Waals surface area contributed by atoms with Crippen LogP contribution in [-0.4, -0.2) is 17.0 Å². The molecular weight excluding hydrogens is 350 g/mol. The van der Waals surface area contributed by atoms with E-state index in [-0.39, 0.29) is 17.9 Å². The first-order valence-corrected chi connectivity index (χ1v) is 9.57. The molecule has 5 heteroatoms. The number of benzene rings is 2. The molecule has 0 fully saturated rings. The summed E-state index contributed by atoms with van der Waals surface area (Å²) in [5.41, 5.74) is 4.47. The van der Waals surface area contributed by atoms with Crippen molar-refractivity contribution in [2.24, 2.45) is 0 Å². The molecule has 0 unspecified atom stereocenters. The van der Waals surface area contributed by atoms with E-state index in [1.807, 2.05) is 18.2 Å². The van der Waals surface area contributed by atoms with Crippen LogP contribution in [0.3, 0.4) is 0 Å². The van der Waals surface area contributed by atoms with Crippen LogP contribution in [0.5, 0.6) is 0 Å². The summed E-state index contributed by atoms with van der Waals surface area (Å²) in [6.07, 6.45) is 3.01. The first kappa shape index (κ1) is 18.0. The number of carbonyl (C=O) groups excluding carboxylic acids is 1. The fraction of sp³-hybridized carbons (Fsp3) is 0.217. The van der Waals surface area contributed by atoms with Gasteiger partial charge in [-0.2, -0.15) is 0 Å². The van der Waals surface area contributed by atoms with Gasteiger partial charge in [-0.25, -0.2) is 0 Å². The van der Waals surface area contributed by atoms with E-state index in [9.17, 15) is 9.59 Å². The number of para-hydroxylation sites is 2. The number of amides is 1. The smallest absolute Gasteiger partial charge is 0.250 e. The molecule has 0 bridgehead atoms. The lowest BCUT2D eigenvalue weighted by molar-refractivity contribution is -0.116. The third kappa shape index (κ3) is 3.98. The Morgan fingerprint density at radius 1 is 0.964 bits per heavy atom. The molecule has 1 aliphatic heterocycles. The molecule has 1 aliphatic rings. The maximum absolute atomic E-state index is 12.4. The molecule has 0 aliphatic carbocycles. The van der Waals surface area contributed by atoms with E-state index in [4.69, 9.17) is 0 Å². The normalized spacial score (nSPS) is 12.6. The van der Waals surface area contributed by atoms with Gasteiger partial charge in [-0.3, -0.25) is 9.59 Å². The molecule has 142 valence electrons. The van der Waals surface area contributed by atoms with Crippen molar-refractivity contribution in [1.29, 1.82) is 0 Å². The number of carbonyl (C=O) groups is 1. The molecule has 0 spiro atoms. The second kappa shape index (κ2) is 8.13. The number of hydrogen-bond donors (Lipinski definition) is 1. The average Bonchev–Trinajstić information content (AvgIpc) is 3.12. The molecule has 1 N–H and O–H groups in total. The molecule has 0 radical (unpaired) electrons. The highest BCUT2D eigenvalue weighted by atomic mass is 16.1. The topological polar surface area (TPSA) is 54.3 Å². The molecule has 1 amide bonds. The molecule has 3 aromatic rings. The summed E-state index contributed by atoms with van der Waals surface area (Å²) in [6, 6.07) is 21.4. The molecule has 0 saturated heterocycles. The fourth-order valence-electron chi connectivity index (χ4n) is 3.64. The second-order valence-corrected chi connectivity index (χ2v) is 6.99. The van der Waals surface area contributed by atoms with E-state index in [0.29, 0.717) is 6.54 Å². The van der Waals surface area contributed by atoms with Crippen molar-refractivity contribution in [3.8, 4) is 0 Å². The van der Waals surface area contributed by atoms with E-state index in [0.717, 1.165) is 30.8 Å². The summed E-state index contributed by atoms with van der Waals surface area (Å²) in [5, 5.41) is 3.02. The van der Waals surface area contributed by atoms with Crippen LogP contribution in [0.2, 0.25) is 0 Å². The van der Waals surface area contributed by atoms with E-state index in [2.05, 4.69) is 40.5 Å². The number of pyridine rings is 1. The van der Waals surface area contributed by atoms with Crippen LogP contribution in [0.25, 0.3) is 0 Å². The molecular formula is C23H23N3O2. The van der Waals surface area contributed by atoms with Crippen molar-refractivity contribution in [3.05, 3.63) is 94.4 Å². The molecule has 5 nitrogen and oxygen atoms in total. The number of anilines is 2. The Kier molecular flexibility index (Phi) is 5.24. The number of nitrogens with one attached hydrogen (secondary N) is 1. The predicted octanol–water partition coefficient (Wildman–Crippen LogP) is 3.44. The van der Waals surface area contributed by atoms with Crippen molar-refractivity contribution >= 4 is 17.3 Å². The van der Waals surface area contributed by atoms with Crippen LogP contribution < -0.4 is 15.8 Å². The van der Waals surface area contributed by atoms with Crippen molar-refractivity contribution < 1.29 is 4.79 Å². The number of aryl methyl sites for hydroxylation is 1. The Bertz CT molecular complexity index is 1040. The number of nitrogens with zero attached hydrogens (tertiary/aromatic N) is 2. The summed E-state index contributed by atoms with van der Waals surface area (Å²) in [7, 11) is 0. The quantitative estimate of drug-likeness (QED) is 0.720. The number of hydrogen-bond acceptors (Lipinski definition) is 3. The lowest BCUT2D eigenvalue weighted by atomic mass is 10.1. The lowest BCUT2D eigenvalue weighted by Crippen LogP contribution is -2.23. The van der Waals surface area contributed by atoms with Gasteiger partial charge >= 0.3 is 0 Å². The Morgan fingerprint density at radius 3 is 2.64 bits per heavy atom. The highest BCUT2D eigenvalue weighted by molar-refractivity contribution is 5.91. The third-order valence-corrected chi connectivity index (χ3v) is 5.11. The van der Waals surface area contributed by atoms with Crippen LogP contribution in [0.15, 0.2) is 77.7 Å². The highest BCUT2D eigenvalue weighted by Gasteiger charge is 2.19. The maximum Gasteiger partial charge on any atom is 0.250 e. The summed E-state index contributed by atoms with van der Waals surface area (Å²) in [4.78, 5) is 26.6. The molecule has 2 aromatic carbocycles. The Balaban J connectivity index is 1.43. The van der Waals surface area contributed by atoms with Gasteiger partial charge in [0.25, 0.3) is 5.56 Å². The number of rotatable bonds is 6. The van der Waals surface area contributed by atoms with Gasteiger partial charge in [0.1, 0.15) is 0 Å². The minimum absolute atomic E-state index is 0.0926. The van der Waals surface area contributed by atoms with E-state index in [1.54, 1.807) is 22.9 Å². The largest absolute Gasteiger partial charge is 0.367 e. The lowest BCUT2D eigenvalue weighted by Gasteiger charge is -2.21. The van der Waals surface area contributed by atoms with Gasteiger partial charge in [0, 0.05) is 49.7 Å². The highest BCUT2D eigenvalue weighted by Crippen LogP contribution is 2.30. The zero-order valence-corrected chi connectivity index (χ0v) is 15.7. The summed E-state index contributed by atoms with van der Waals surface area (Å²) in [5.74, 6) is -0.0926. The Hall–Kier alpha value is -3.34. The van der Waals surface area contributed by atoms with Crippen molar-refractivity contribution in [2.45, 2.75) is 25.9 Å². The molecule has 2 heterocycles. The number of aromatic nitrogens is 1. The van der Waals surface area contributed by atoms with Crippen molar-refractivity contribution in [3.63, 3.8) is 0 Å². The minimum atomic E-state index is -0.0941. The molecule has 4 rings (SSSR count). The van der Waals surface area contributed by atoms with E-state index in [1.165, 1.54) is 17.3 Å². The first-order valence-electron chi connectivity index (χ1n) is 9.57. The predicted molar refractivity (Wildman–Crippen MR) is 112 cm³/mol. The van der Waals surface area contributed by atoms with Crippen LogP contribution in [0.1, 0.15) is 17.5 Å². The Labute approximate surface area is 164 Å². The minimum Gasteiger partial charge on any atom is -0.367 e. The monoisotopic (exact) mass is 373 g/mol.